The van der Waals surface area contributed by atoms with Crippen molar-refractivity contribution < 1.29 is 9.53 Å². The lowest BCUT2D eigenvalue weighted by molar-refractivity contribution is -0.132. The molecular weight excluding hydrogens is 442 g/mol. The molecule has 1 aliphatic rings. The van der Waals surface area contributed by atoms with E-state index in [-0.39, 0.29) is 5.91 Å². The van der Waals surface area contributed by atoms with E-state index in [1.807, 2.05) is 4.90 Å². The molecule has 1 aliphatic carbocycles. The van der Waals surface area contributed by atoms with Crippen molar-refractivity contribution in [1.29, 1.82) is 0 Å². The third kappa shape index (κ3) is 5.18. The highest BCUT2D eigenvalue weighted by molar-refractivity contribution is 7.15. The van der Waals surface area contributed by atoms with Crippen molar-refractivity contribution in [2.45, 2.75) is 44.9 Å². The summed E-state index contributed by atoms with van der Waals surface area (Å²) in [4.78, 5) is 20.8. The molecule has 1 amide bonds. The molecule has 0 bridgehead atoms. The van der Waals surface area contributed by atoms with Crippen molar-refractivity contribution in [3.8, 4) is 11.3 Å². The number of carbonyl (C=O) groups is 1. The van der Waals surface area contributed by atoms with Crippen molar-refractivity contribution in [3.63, 3.8) is 0 Å². The van der Waals surface area contributed by atoms with Crippen molar-refractivity contribution >= 4 is 33.0 Å². The third-order valence-corrected chi connectivity index (χ3v) is 8.01. The van der Waals surface area contributed by atoms with Gasteiger partial charge in [-0.3, -0.25) is 9.20 Å². The Morgan fingerprint density at radius 2 is 1.97 bits per heavy atom. The van der Waals surface area contributed by atoms with Crippen LogP contribution in [0.5, 0.6) is 0 Å². The summed E-state index contributed by atoms with van der Waals surface area (Å²) in [6.45, 7) is 1.94. The van der Waals surface area contributed by atoms with Crippen molar-refractivity contribution in [2.24, 2.45) is 5.92 Å². The van der Waals surface area contributed by atoms with Gasteiger partial charge in [-0.25, -0.2) is 4.98 Å². The Hall–Kier alpha value is -2.70. The number of imidazole rings is 1. The Balaban J connectivity index is 1.28. The van der Waals surface area contributed by atoms with Gasteiger partial charge in [0.25, 0.3) is 0 Å². The molecule has 0 unspecified atom stereocenters. The van der Waals surface area contributed by atoms with Gasteiger partial charge < -0.3 is 9.64 Å². The number of carbonyl (C=O) groups excluding carboxylic acids is 1. The molecule has 5 rings (SSSR count). The topological polar surface area (TPSA) is 46.8 Å². The first kappa shape index (κ1) is 23.1. The smallest absolute Gasteiger partial charge is 0.222 e. The van der Waals surface area contributed by atoms with Crippen LogP contribution in [0.4, 0.5) is 0 Å². The lowest BCUT2D eigenvalue weighted by atomic mass is 10.0. The molecule has 4 aromatic rings. The maximum Gasteiger partial charge on any atom is 0.222 e. The van der Waals surface area contributed by atoms with Crippen LogP contribution in [-0.4, -0.2) is 47.0 Å². The molecule has 0 radical (unpaired) electrons. The number of fused-ring (bicyclic) bond motifs is 2. The first-order chi connectivity index (χ1) is 16.7. The average molecular weight is 476 g/mol. The summed E-state index contributed by atoms with van der Waals surface area (Å²) < 4.78 is 7.47. The molecule has 5 nitrogen and oxygen atoms in total. The average Bonchev–Trinajstić information content (AvgIpc) is 3.61. The van der Waals surface area contributed by atoms with Crippen molar-refractivity contribution in [3.05, 3.63) is 59.7 Å². The van der Waals surface area contributed by atoms with Crippen LogP contribution in [0.25, 0.3) is 27.0 Å². The van der Waals surface area contributed by atoms with E-state index in [4.69, 9.17) is 9.72 Å². The molecule has 0 saturated heterocycles. The van der Waals surface area contributed by atoms with E-state index in [1.54, 1.807) is 18.4 Å². The molecule has 178 valence electrons. The van der Waals surface area contributed by atoms with Crippen LogP contribution in [-0.2, 0) is 16.0 Å². The molecule has 1 saturated carbocycles. The van der Waals surface area contributed by atoms with E-state index >= 15 is 0 Å². The second-order valence-corrected chi connectivity index (χ2v) is 10.2. The lowest BCUT2D eigenvalue weighted by Gasteiger charge is -2.23. The minimum Gasteiger partial charge on any atom is -0.383 e. The maximum absolute atomic E-state index is 13.0. The minimum atomic E-state index is 0.262. The van der Waals surface area contributed by atoms with E-state index in [0.29, 0.717) is 26.1 Å². The fourth-order valence-corrected chi connectivity index (χ4v) is 6.00. The van der Waals surface area contributed by atoms with Crippen LogP contribution >= 0.6 is 11.3 Å². The Kier molecular flexibility index (Phi) is 7.26. The van der Waals surface area contributed by atoms with Crippen LogP contribution in [0.3, 0.4) is 0 Å². The Morgan fingerprint density at radius 1 is 1.15 bits per heavy atom. The fourth-order valence-electron chi connectivity index (χ4n) is 5.09. The molecule has 0 N–H and O–H groups in total. The summed E-state index contributed by atoms with van der Waals surface area (Å²) in [7, 11) is 1.70. The maximum atomic E-state index is 13.0. The number of thiazole rings is 1. The van der Waals surface area contributed by atoms with E-state index in [2.05, 4.69) is 58.4 Å². The molecule has 2 aromatic carbocycles. The zero-order valence-corrected chi connectivity index (χ0v) is 20.7. The number of nitrogens with zero attached hydrogens (tertiary/aromatic N) is 3. The molecule has 0 spiro atoms. The van der Waals surface area contributed by atoms with Crippen molar-refractivity contribution in [2.75, 3.05) is 26.8 Å². The highest BCUT2D eigenvalue weighted by atomic mass is 32.1. The minimum absolute atomic E-state index is 0.262. The van der Waals surface area contributed by atoms with Crippen LogP contribution in [0.2, 0.25) is 0 Å². The van der Waals surface area contributed by atoms with Gasteiger partial charge in [-0.1, -0.05) is 62.1 Å². The predicted octanol–water partition coefficient (Wildman–Crippen LogP) is 6.20. The van der Waals surface area contributed by atoms with Gasteiger partial charge in [-0.2, -0.15) is 0 Å². The third-order valence-electron chi connectivity index (χ3n) is 7.13. The van der Waals surface area contributed by atoms with Gasteiger partial charge in [0, 0.05) is 55.9 Å². The number of benzene rings is 2. The summed E-state index contributed by atoms with van der Waals surface area (Å²) in [5.41, 5.74) is 3.32. The van der Waals surface area contributed by atoms with Gasteiger partial charge >= 0.3 is 0 Å². The molecule has 2 aromatic heterocycles. The van der Waals surface area contributed by atoms with Gasteiger partial charge in [0.15, 0.2) is 4.96 Å². The highest BCUT2D eigenvalue weighted by Gasteiger charge is 2.20. The highest BCUT2D eigenvalue weighted by Crippen LogP contribution is 2.29. The van der Waals surface area contributed by atoms with Gasteiger partial charge in [-0.15, -0.1) is 11.3 Å². The lowest BCUT2D eigenvalue weighted by Crippen LogP contribution is -2.35. The van der Waals surface area contributed by atoms with Crippen LogP contribution in [0.15, 0.2) is 54.0 Å². The second-order valence-electron chi connectivity index (χ2n) is 9.38. The molecular formula is C28H33N3O2S. The summed E-state index contributed by atoms with van der Waals surface area (Å²) in [6.07, 6.45) is 9.86. The number of rotatable bonds is 10. The summed E-state index contributed by atoms with van der Waals surface area (Å²) >= 11 is 1.66. The number of ether oxygens (including phenoxy) is 1. The number of hydrogen-bond donors (Lipinski definition) is 0. The molecule has 34 heavy (non-hydrogen) atoms. The predicted molar refractivity (Wildman–Crippen MR) is 139 cm³/mol. The van der Waals surface area contributed by atoms with Crippen molar-refractivity contribution in [1.82, 2.24) is 14.3 Å². The molecule has 0 atom stereocenters. The van der Waals surface area contributed by atoms with Crippen LogP contribution in [0.1, 0.15) is 44.2 Å². The van der Waals surface area contributed by atoms with Gasteiger partial charge in [-0.05, 0) is 29.2 Å². The van der Waals surface area contributed by atoms with E-state index < -0.39 is 0 Å². The Labute approximate surface area is 205 Å². The summed E-state index contributed by atoms with van der Waals surface area (Å²) in [5, 5.41) is 4.63. The number of methoxy groups -OCH3 is 1. The number of hydrogen-bond acceptors (Lipinski definition) is 4. The van der Waals surface area contributed by atoms with Crippen LogP contribution in [0, 0.1) is 5.92 Å². The number of aromatic nitrogens is 2. The van der Waals surface area contributed by atoms with Crippen LogP contribution < -0.4 is 0 Å². The SMILES string of the molecule is COCCN(CCc1csc2nc(-c3ccc4ccccc4c3)cn12)C(=O)CCC1CCCC1. The standard InChI is InChI=1S/C28H33N3O2S/c1-33-17-16-30(27(32)13-10-21-6-2-3-7-21)15-14-25-20-34-28-29-26(19-31(25)28)24-12-11-22-8-4-5-9-23(22)18-24/h4-5,8-9,11-12,18-21H,2-3,6-7,10,13-17H2,1H3. The largest absolute Gasteiger partial charge is 0.383 e. The monoisotopic (exact) mass is 475 g/mol. The fraction of sp³-hybridized carbons (Fsp3) is 0.429. The van der Waals surface area contributed by atoms with E-state index in [9.17, 15) is 4.79 Å². The van der Waals surface area contributed by atoms with Gasteiger partial charge in [0.2, 0.25) is 5.91 Å². The second kappa shape index (κ2) is 10.7. The quantitative estimate of drug-likeness (QED) is 0.274. The summed E-state index contributed by atoms with van der Waals surface area (Å²) in [5.74, 6) is 1.00. The van der Waals surface area contributed by atoms with E-state index in [0.717, 1.165) is 35.0 Å². The zero-order chi connectivity index (χ0) is 23.3. The summed E-state index contributed by atoms with van der Waals surface area (Å²) in [6, 6.07) is 14.9. The zero-order valence-electron chi connectivity index (χ0n) is 19.9. The van der Waals surface area contributed by atoms with Gasteiger partial charge in [0.1, 0.15) is 0 Å². The molecule has 0 aliphatic heterocycles. The normalized spacial score (nSPS) is 14.4. The first-order valence-electron chi connectivity index (χ1n) is 12.4. The Morgan fingerprint density at radius 3 is 2.79 bits per heavy atom. The molecule has 1 fully saturated rings. The van der Waals surface area contributed by atoms with Gasteiger partial charge in [0.05, 0.1) is 12.3 Å². The molecule has 6 heteroatoms. The number of amides is 1. The van der Waals surface area contributed by atoms with E-state index in [1.165, 1.54) is 42.1 Å². The Bertz CT molecular complexity index is 1260. The first-order valence-corrected chi connectivity index (χ1v) is 13.3. The molecule has 2 heterocycles.